The van der Waals surface area contributed by atoms with Crippen LogP contribution in [-0.2, 0) is 6.54 Å². The Bertz CT molecular complexity index is 1220. The highest BCUT2D eigenvalue weighted by atomic mass is 16.1. The molecule has 1 amide bonds. The van der Waals surface area contributed by atoms with Gasteiger partial charge in [0.05, 0.1) is 12.2 Å². The van der Waals surface area contributed by atoms with E-state index in [-0.39, 0.29) is 11.9 Å². The van der Waals surface area contributed by atoms with E-state index in [1.54, 1.807) is 6.20 Å². The molecule has 7 heteroatoms. The molecule has 0 spiro atoms. The molecule has 0 aliphatic carbocycles. The maximum atomic E-state index is 12.8. The number of rotatable bonds is 6. The molecule has 1 aliphatic rings. The van der Waals surface area contributed by atoms with Crippen LogP contribution in [0.25, 0.3) is 5.82 Å². The number of amides is 1. The largest absolute Gasteiger partial charge is 0.307 e. The molecule has 1 fully saturated rings. The van der Waals surface area contributed by atoms with Crippen molar-refractivity contribution < 1.29 is 4.79 Å². The highest BCUT2D eigenvalue weighted by Crippen LogP contribution is 2.27. The van der Waals surface area contributed by atoms with Crippen LogP contribution in [0.15, 0.2) is 79.3 Å². The first kappa shape index (κ1) is 21.2. The van der Waals surface area contributed by atoms with Crippen molar-refractivity contribution in [3.8, 4) is 5.82 Å². The number of pyridine rings is 1. The molecule has 168 valence electrons. The fraction of sp³-hybridized carbons (Fsp3) is 0.269. The zero-order valence-corrected chi connectivity index (χ0v) is 18.8. The van der Waals surface area contributed by atoms with Crippen LogP contribution in [0.3, 0.4) is 0 Å². The maximum absolute atomic E-state index is 12.8. The number of anilines is 1. The van der Waals surface area contributed by atoms with Crippen LogP contribution in [0.1, 0.15) is 40.5 Å². The summed E-state index contributed by atoms with van der Waals surface area (Å²) in [4.78, 5) is 19.7. The van der Waals surface area contributed by atoms with Crippen molar-refractivity contribution in [2.45, 2.75) is 32.4 Å². The Hall–Kier alpha value is -3.71. The zero-order valence-electron chi connectivity index (χ0n) is 18.8. The lowest BCUT2D eigenvalue weighted by molar-refractivity contribution is 0.102. The average Bonchev–Trinajstić information content (AvgIpc) is 3.50. The molecule has 4 aromatic rings. The lowest BCUT2D eigenvalue weighted by Crippen LogP contribution is -2.35. The third kappa shape index (κ3) is 4.59. The molecule has 0 unspecified atom stereocenters. The number of hydrogen-bond donors (Lipinski definition) is 1. The predicted octanol–water partition coefficient (Wildman–Crippen LogP) is 4.47. The minimum absolute atomic E-state index is 0.0948. The molecule has 1 N–H and O–H groups in total. The number of hydrogen-bond acceptors (Lipinski definition) is 4. The van der Waals surface area contributed by atoms with Gasteiger partial charge in [0.2, 0.25) is 0 Å². The normalized spacial score (nSPS) is 14.9. The Morgan fingerprint density at radius 2 is 1.82 bits per heavy atom. The molecule has 3 aromatic heterocycles. The van der Waals surface area contributed by atoms with Gasteiger partial charge in [0, 0.05) is 49.4 Å². The SMILES string of the molecule is Cc1ccccc1C(=O)Nc1ccnn1C1CCN(Cc2cccn2-c2ccccn2)CC1. The van der Waals surface area contributed by atoms with E-state index in [2.05, 4.69) is 43.2 Å². The van der Waals surface area contributed by atoms with E-state index in [4.69, 9.17) is 0 Å². The molecular formula is C26H28N6O. The summed E-state index contributed by atoms with van der Waals surface area (Å²) >= 11 is 0. The summed E-state index contributed by atoms with van der Waals surface area (Å²) in [5.74, 6) is 1.60. The van der Waals surface area contributed by atoms with Gasteiger partial charge in [0.15, 0.2) is 0 Å². The third-order valence-electron chi connectivity index (χ3n) is 6.32. The molecule has 1 saturated heterocycles. The number of nitrogens with zero attached hydrogens (tertiary/aromatic N) is 5. The summed E-state index contributed by atoms with van der Waals surface area (Å²) < 4.78 is 4.13. The van der Waals surface area contributed by atoms with E-state index in [0.717, 1.165) is 49.7 Å². The Balaban J connectivity index is 1.22. The molecule has 0 bridgehead atoms. The number of likely N-dealkylation sites (tertiary alicyclic amines) is 1. The third-order valence-corrected chi connectivity index (χ3v) is 6.32. The number of benzene rings is 1. The van der Waals surface area contributed by atoms with Crippen molar-refractivity contribution in [2.24, 2.45) is 0 Å². The Morgan fingerprint density at radius 3 is 2.61 bits per heavy atom. The summed E-state index contributed by atoms with van der Waals surface area (Å²) in [7, 11) is 0. The maximum Gasteiger partial charge on any atom is 0.257 e. The number of carbonyl (C=O) groups excluding carboxylic acids is 1. The first-order valence-corrected chi connectivity index (χ1v) is 11.4. The van der Waals surface area contributed by atoms with Gasteiger partial charge >= 0.3 is 0 Å². The van der Waals surface area contributed by atoms with E-state index < -0.39 is 0 Å². The summed E-state index contributed by atoms with van der Waals surface area (Å²) in [6, 6.07) is 20.0. The standard InChI is InChI=1S/C26H28N6O/c1-20-7-2-3-9-23(20)26(33)29-25-11-15-28-32(25)21-12-17-30(18-13-21)19-22-8-6-16-31(22)24-10-4-5-14-27-24/h2-11,14-16,21H,12-13,17-19H2,1H3,(H,29,33). The van der Waals surface area contributed by atoms with Gasteiger partial charge in [-0.15, -0.1) is 0 Å². The van der Waals surface area contributed by atoms with E-state index >= 15 is 0 Å². The first-order chi connectivity index (χ1) is 16.2. The fourth-order valence-electron chi connectivity index (χ4n) is 4.53. The van der Waals surface area contributed by atoms with Crippen LogP contribution in [0.2, 0.25) is 0 Å². The zero-order chi connectivity index (χ0) is 22.6. The Labute approximate surface area is 193 Å². The second-order valence-corrected chi connectivity index (χ2v) is 8.49. The smallest absolute Gasteiger partial charge is 0.257 e. The number of aromatic nitrogens is 4. The summed E-state index contributed by atoms with van der Waals surface area (Å²) in [5.41, 5.74) is 2.89. The van der Waals surface area contributed by atoms with Gasteiger partial charge in [-0.3, -0.25) is 9.69 Å². The highest BCUT2D eigenvalue weighted by Gasteiger charge is 2.24. The Morgan fingerprint density at radius 1 is 1.00 bits per heavy atom. The second-order valence-electron chi connectivity index (χ2n) is 8.49. The molecule has 33 heavy (non-hydrogen) atoms. The van der Waals surface area contributed by atoms with Crippen LogP contribution in [0.5, 0.6) is 0 Å². The minimum atomic E-state index is -0.0948. The minimum Gasteiger partial charge on any atom is -0.307 e. The Kier molecular flexibility index (Phi) is 6.04. The summed E-state index contributed by atoms with van der Waals surface area (Å²) in [5, 5.41) is 7.59. The predicted molar refractivity (Wildman–Crippen MR) is 128 cm³/mol. The van der Waals surface area contributed by atoms with Gasteiger partial charge in [-0.1, -0.05) is 24.3 Å². The molecule has 0 saturated carbocycles. The fourth-order valence-corrected chi connectivity index (χ4v) is 4.53. The molecule has 5 rings (SSSR count). The number of piperidine rings is 1. The van der Waals surface area contributed by atoms with Crippen LogP contribution >= 0.6 is 0 Å². The van der Waals surface area contributed by atoms with Crippen molar-refractivity contribution >= 4 is 11.7 Å². The van der Waals surface area contributed by atoms with E-state index in [0.29, 0.717) is 5.56 Å². The summed E-state index contributed by atoms with van der Waals surface area (Å²) in [6.07, 6.45) is 7.62. The van der Waals surface area contributed by atoms with Gasteiger partial charge < -0.3 is 9.88 Å². The molecule has 1 aliphatic heterocycles. The average molecular weight is 441 g/mol. The van der Waals surface area contributed by atoms with E-state index in [1.807, 2.05) is 66.3 Å². The van der Waals surface area contributed by atoms with Crippen molar-refractivity contribution in [3.05, 3.63) is 96.1 Å². The van der Waals surface area contributed by atoms with Gasteiger partial charge in [0.25, 0.3) is 5.91 Å². The van der Waals surface area contributed by atoms with Gasteiger partial charge in [-0.25, -0.2) is 9.67 Å². The quantitative estimate of drug-likeness (QED) is 0.480. The van der Waals surface area contributed by atoms with E-state index in [1.165, 1.54) is 5.69 Å². The lowest BCUT2D eigenvalue weighted by atomic mass is 10.0. The monoisotopic (exact) mass is 440 g/mol. The summed E-state index contributed by atoms with van der Waals surface area (Å²) in [6.45, 7) is 4.78. The van der Waals surface area contributed by atoms with Crippen LogP contribution < -0.4 is 5.32 Å². The van der Waals surface area contributed by atoms with Crippen molar-refractivity contribution in [3.63, 3.8) is 0 Å². The number of aryl methyl sites for hydroxylation is 1. The molecule has 1 aromatic carbocycles. The number of carbonyl (C=O) groups is 1. The van der Waals surface area contributed by atoms with Gasteiger partial charge in [-0.2, -0.15) is 5.10 Å². The van der Waals surface area contributed by atoms with Crippen LogP contribution in [0.4, 0.5) is 5.82 Å². The van der Waals surface area contributed by atoms with Crippen LogP contribution in [-0.4, -0.2) is 43.2 Å². The second kappa shape index (κ2) is 9.42. The molecule has 0 radical (unpaired) electrons. The molecule has 7 nitrogen and oxygen atoms in total. The van der Waals surface area contributed by atoms with Gasteiger partial charge in [0.1, 0.15) is 11.6 Å². The first-order valence-electron chi connectivity index (χ1n) is 11.4. The van der Waals surface area contributed by atoms with E-state index in [9.17, 15) is 4.79 Å². The van der Waals surface area contributed by atoms with Crippen molar-refractivity contribution in [1.29, 1.82) is 0 Å². The van der Waals surface area contributed by atoms with Crippen LogP contribution in [0, 0.1) is 6.92 Å². The molecule has 0 atom stereocenters. The topological polar surface area (TPSA) is 68.0 Å². The number of nitrogens with one attached hydrogen (secondary N) is 1. The van der Waals surface area contributed by atoms with Crippen molar-refractivity contribution in [1.82, 2.24) is 24.2 Å². The lowest BCUT2D eigenvalue weighted by Gasteiger charge is -2.32. The molecular weight excluding hydrogens is 412 g/mol. The van der Waals surface area contributed by atoms with Crippen molar-refractivity contribution in [2.75, 3.05) is 18.4 Å². The highest BCUT2D eigenvalue weighted by molar-refractivity contribution is 6.04. The molecule has 4 heterocycles. The van der Waals surface area contributed by atoms with Gasteiger partial charge in [-0.05, 0) is 55.7 Å².